The van der Waals surface area contributed by atoms with Gasteiger partial charge in [0, 0.05) is 19.6 Å². The predicted molar refractivity (Wildman–Crippen MR) is 81.9 cm³/mol. The van der Waals surface area contributed by atoms with E-state index in [0.717, 1.165) is 6.42 Å². The first kappa shape index (κ1) is 16.5. The average molecular weight is 278 g/mol. The first-order valence-corrected chi connectivity index (χ1v) is 7.04. The molecule has 0 aromatic heterocycles. The second kappa shape index (κ2) is 7.29. The largest absolute Gasteiger partial charge is 0.392 e. The number of benzene rings is 1. The number of carbonyl (C=O) groups is 1. The number of hydrogen-bond acceptors (Lipinski definition) is 2. The molecule has 0 saturated heterocycles. The Labute approximate surface area is 121 Å². The van der Waals surface area contributed by atoms with Crippen LogP contribution in [0.3, 0.4) is 0 Å². The maximum atomic E-state index is 11.9. The topological polar surface area (TPSA) is 52.6 Å². The molecule has 0 spiro atoms. The molecule has 0 bridgehead atoms. The Bertz CT molecular complexity index is 438. The highest BCUT2D eigenvalue weighted by Gasteiger charge is 2.13. The van der Waals surface area contributed by atoms with Crippen LogP contribution in [0.15, 0.2) is 18.2 Å². The van der Waals surface area contributed by atoms with Crippen molar-refractivity contribution >= 4 is 6.03 Å². The van der Waals surface area contributed by atoms with Crippen LogP contribution in [0, 0.1) is 13.8 Å². The van der Waals surface area contributed by atoms with Crippen molar-refractivity contribution in [3.63, 3.8) is 0 Å². The van der Waals surface area contributed by atoms with Crippen LogP contribution in [0.5, 0.6) is 0 Å². The maximum absolute atomic E-state index is 11.9. The van der Waals surface area contributed by atoms with Crippen molar-refractivity contribution < 1.29 is 9.90 Å². The summed E-state index contributed by atoms with van der Waals surface area (Å²) in [7, 11) is 1.69. The molecule has 2 amide bonds. The molecule has 4 heteroatoms. The molecule has 112 valence electrons. The zero-order valence-electron chi connectivity index (χ0n) is 13.1. The van der Waals surface area contributed by atoms with Crippen molar-refractivity contribution in [1.82, 2.24) is 10.2 Å². The number of aryl methyl sites for hydroxylation is 2. The molecule has 1 rings (SSSR count). The fourth-order valence-corrected chi connectivity index (χ4v) is 2.39. The zero-order chi connectivity index (χ0) is 15.3. The number of aliphatic hydroxyl groups is 1. The van der Waals surface area contributed by atoms with Gasteiger partial charge in [-0.05, 0) is 39.7 Å². The molecule has 4 nitrogen and oxygen atoms in total. The first-order chi connectivity index (χ1) is 9.27. The molecule has 2 unspecified atom stereocenters. The fraction of sp³-hybridized carbons (Fsp3) is 0.562. The standard InChI is InChI=1S/C16H26N2O2/c1-11-6-12(2)8-15(7-11)9-13(3)17-16(20)18(5)10-14(4)19/h6-8,13-14,19H,9-10H2,1-5H3,(H,17,20). The van der Waals surface area contributed by atoms with Crippen LogP contribution in [-0.2, 0) is 6.42 Å². The van der Waals surface area contributed by atoms with Gasteiger partial charge in [-0.3, -0.25) is 0 Å². The Morgan fingerprint density at radius 3 is 2.30 bits per heavy atom. The molecular formula is C16H26N2O2. The van der Waals surface area contributed by atoms with Gasteiger partial charge in [-0.15, -0.1) is 0 Å². The number of nitrogens with zero attached hydrogens (tertiary/aromatic N) is 1. The molecular weight excluding hydrogens is 252 g/mol. The van der Waals surface area contributed by atoms with E-state index in [1.165, 1.54) is 21.6 Å². The van der Waals surface area contributed by atoms with Gasteiger partial charge in [0.1, 0.15) is 0 Å². The number of amides is 2. The monoisotopic (exact) mass is 278 g/mol. The number of likely N-dealkylation sites (N-methyl/N-ethyl adjacent to an activating group) is 1. The SMILES string of the molecule is Cc1cc(C)cc(CC(C)NC(=O)N(C)CC(C)O)c1. The minimum absolute atomic E-state index is 0.0557. The molecule has 1 aromatic carbocycles. The van der Waals surface area contributed by atoms with Crippen molar-refractivity contribution in [2.45, 2.75) is 46.3 Å². The van der Waals surface area contributed by atoms with Crippen molar-refractivity contribution in [2.75, 3.05) is 13.6 Å². The summed E-state index contributed by atoms with van der Waals surface area (Å²) in [6.45, 7) is 8.16. The first-order valence-electron chi connectivity index (χ1n) is 7.04. The van der Waals surface area contributed by atoms with Crippen LogP contribution in [0.4, 0.5) is 4.79 Å². The van der Waals surface area contributed by atoms with E-state index in [4.69, 9.17) is 0 Å². The lowest BCUT2D eigenvalue weighted by Crippen LogP contribution is -2.44. The molecule has 0 aliphatic carbocycles. The van der Waals surface area contributed by atoms with Crippen molar-refractivity contribution in [1.29, 1.82) is 0 Å². The minimum atomic E-state index is -0.513. The Morgan fingerprint density at radius 1 is 1.25 bits per heavy atom. The number of rotatable bonds is 5. The summed E-state index contributed by atoms with van der Waals surface area (Å²) in [5.41, 5.74) is 3.71. The van der Waals surface area contributed by atoms with Crippen LogP contribution in [0.25, 0.3) is 0 Å². The van der Waals surface area contributed by atoms with E-state index in [2.05, 4.69) is 37.4 Å². The van der Waals surface area contributed by atoms with Gasteiger partial charge >= 0.3 is 6.03 Å². The van der Waals surface area contributed by atoms with Gasteiger partial charge in [0.2, 0.25) is 0 Å². The molecule has 0 heterocycles. The summed E-state index contributed by atoms with van der Waals surface area (Å²) < 4.78 is 0. The molecule has 0 aliphatic rings. The average Bonchev–Trinajstić information content (AvgIpc) is 2.25. The summed E-state index contributed by atoms with van der Waals surface area (Å²) in [4.78, 5) is 13.4. The van der Waals surface area contributed by atoms with E-state index < -0.39 is 6.10 Å². The van der Waals surface area contributed by atoms with Crippen LogP contribution < -0.4 is 5.32 Å². The molecule has 0 saturated carbocycles. The third kappa shape index (κ3) is 5.61. The van der Waals surface area contributed by atoms with Crippen LogP contribution in [-0.4, -0.2) is 41.8 Å². The van der Waals surface area contributed by atoms with Gasteiger partial charge in [-0.25, -0.2) is 4.79 Å². The van der Waals surface area contributed by atoms with Crippen molar-refractivity contribution in [3.05, 3.63) is 34.9 Å². The molecule has 0 fully saturated rings. The summed E-state index contributed by atoms with van der Waals surface area (Å²) in [5.74, 6) is 0. The van der Waals surface area contributed by atoms with Gasteiger partial charge in [0.15, 0.2) is 0 Å². The quantitative estimate of drug-likeness (QED) is 0.868. The van der Waals surface area contributed by atoms with Crippen molar-refractivity contribution in [2.24, 2.45) is 0 Å². The zero-order valence-corrected chi connectivity index (χ0v) is 13.1. The van der Waals surface area contributed by atoms with Gasteiger partial charge in [0.05, 0.1) is 6.10 Å². The second-order valence-electron chi connectivity index (χ2n) is 5.78. The smallest absolute Gasteiger partial charge is 0.317 e. The lowest BCUT2D eigenvalue weighted by atomic mass is 10.0. The van der Waals surface area contributed by atoms with E-state index >= 15 is 0 Å². The second-order valence-corrected chi connectivity index (χ2v) is 5.78. The lowest BCUT2D eigenvalue weighted by Gasteiger charge is -2.22. The van der Waals surface area contributed by atoms with E-state index in [9.17, 15) is 9.90 Å². The van der Waals surface area contributed by atoms with E-state index in [1.807, 2.05) is 6.92 Å². The molecule has 1 aromatic rings. The van der Waals surface area contributed by atoms with E-state index in [-0.39, 0.29) is 12.1 Å². The molecule has 0 aliphatic heterocycles. The molecule has 0 radical (unpaired) electrons. The van der Waals surface area contributed by atoms with Crippen molar-refractivity contribution in [3.8, 4) is 0 Å². The van der Waals surface area contributed by atoms with E-state index in [1.54, 1.807) is 14.0 Å². The summed E-state index contributed by atoms with van der Waals surface area (Å²) in [5, 5.41) is 12.2. The number of urea groups is 1. The maximum Gasteiger partial charge on any atom is 0.317 e. The summed E-state index contributed by atoms with van der Waals surface area (Å²) in [6.07, 6.45) is 0.289. The van der Waals surface area contributed by atoms with E-state index in [0.29, 0.717) is 6.54 Å². The normalized spacial score (nSPS) is 13.7. The third-order valence-corrected chi connectivity index (χ3v) is 3.08. The Balaban J connectivity index is 2.54. The minimum Gasteiger partial charge on any atom is -0.392 e. The number of aliphatic hydroxyl groups excluding tert-OH is 1. The molecule has 2 N–H and O–H groups in total. The van der Waals surface area contributed by atoms with Crippen LogP contribution in [0.2, 0.25) is 0 Å². The number of carbonyl (C=O) groups excluding carboxylic acids is 1. The highest BCUT2D eigenvalue weighted by molar-refractivity contribution is 5.74. The number of nitrogens with one attached hydrogen (secondary N) is 1. The predicted octanol–water partition coefficient (Wildman–Crippen LogP) is 2.26. The summed E-state index contributed by atoms with van der Waals surface area (Å²) in [6, 6.07) is 6.34. The van der Waals surface area contributed by atoms with Gasteiger partial charge in [-0.1, -0.05) is 29.3 Å². The lowest BCUT2D eigenvalue weighted by molar-refractivity contribution is 0.142. The van der Waals surface area contributed by atoms with Gasteiger partial charge < -0.3 is 15.3 Å². The molecule has 20 heavy (non-hydrogen) atoms. The van der Waals surface area contributed by atoms with Gasteiger partial charge in [0.25, 0.3) is 0 Å². The highest BCUT2D eigenvalue weighted by Crippen LogP contribution is 2.11. The van der Waals surface area contributed by atoms with Crippen LogP contribution >= 0.6 is 0 Å². The van der Waals surface area contributed by atoms with Gasteiger partial charge in [-0.2, -0.15) is 0 Å². The summed E-state index contributed by atoms with van der Waals surface area (Å²) >= 11 is 0. The third-order valence-electron chi connectivity index (χ3n) is 3.08. The number of hydrogen-bond donors (Lipinski definition) is 2. The Morgan fingerprint density at radius 2 is 1.80 bits per heavy atom. The fourth-order valence-electron chi connectivity index (χ4n) is 2.39. The molecule has 2 atom stereocenters. The Hall–Kier alpha value is -1.55. The Kier molecular flexibility index (Phi) is 6.02. The highest BCUT2D eigenvalue weighted by atomic mass is 16.3. The van der Waals surface area contributed by atoms with Crippen LogP contribution in [0.1, 0.15) is 30.5 Å².